The lowest BCUT2D eigenvalue weighted by Crippen LogP contribution is -2.22. The highest BCUT2D eigenvalue weighted by molar-refractivity contribution is 7.13. The van der Waals surface area contributed by atoms with E-state index < -0.39 is 0 Å². The lowest BCUT2D eigenvalue weighted by Gasteiger charge is -2.21. The van der Waals surface area contributed by atoms with Gasteiger partial charge in [0.05, 0.1) is 0 Å². The average molecular weight is 248 g/mol. The van der Waals surface area contributed by atoms with Crippen molar-refractivity contribution in [3.05, 3.63) is 35.8 Å². The van der Waals surface area contributed by atoms with Crippen molar-refractivity contribution in [1.82, 2.24) is 4.98 Å². The van der Waals surface area contributed by atoms with Gasteiger partial charge in [-0.15, -0.1) is 11.3 Å². The van der Waals surface area contributed by atoms with Crippen molar-refractivity contribution in [2.24, 2.45) is 0 Å². The number of hydrogen-bond acceptors (Lipinski definition) is 4. The molecule has 0 saturated carbocycles. The maximum atomic E-state index is 5.75. The molecule has 3 nitrogen and oxygen atoms in total. The highest BCUT2D eigenvalue weighted by Gasteiger charge is 2.11. The predicted octanol–water partition coefficient (Wildman–Crippen LogP) is 4.06. The Morgan fingerprint density at radius 1 is 1.18 bits per heavy atom. The van der Waals surface area contributed by atoms with Crippen molar-refractivity contribution < 1.29 is 4.74 Å². The second kappa shape index (κ2) is 4.75. The third-order valence-corrected chi connectivity index (χ3v) is 2.65. The van der Waals surface area contributed by atoms with E-state index in [9.17, 15) is 0 Å². The second-order valence-electron chi connectivity index (χ2n) is 4.70. The number of rotatable bonds is 3. The molecule has 0 fully saturated rings. The lowest BCUT2D eigenvalue weighted by atomic mass is 10.2. The average Bonchev–Trinajstić information content (AvgIpc) is 2.71. The van der Waals surface area contributed by atoms with Crippen LogP contribution >= 0.6 is 11.3 Å². The highest BCUT2D eigenvalue weighted by atomic mass is 32.1. The summed E-state index contributed by atoms with van der Waals surface area (Å²) in [6.45, 7) is 6.11. The van der Waals surface area contributed by atoms with Gasteiger partial charge in [-0.25, -0.2) is 4.98 Å². The summed E-state index contributed by atoms with van der Waals surface area (Å²) in [5.74, 6) is 0.877. The molecular weight excluding hydrogens is 232 g/mol. The van der Waals surface area contributed by atoms with Crippen LogP contribution in [0.25, 0.3) is 0 Å². The number of thiazole rings is 1. The Morgan fingerprint density at radius 3 is 2.41 bits per heavy atom. The quantitative estimate of drug-likeness (QED) is 0.889. The van der Waals surface area contributed by atoms with Gasteiger partial charge < -0.3 is 10.1 Å². The van der Waals surface area contributed by atoms with E-state index in [2.05, 4.69) is 10.3 Å². The summed E-state index contributed by atoms with van der Waals surface area (Å²) in [4.78, 5) is 4.17. The van der Waals surface area contributed by atoms with Crippen molar-refractivity contribution >= 4 is 22.2 Å². The maximum absolute atomic E-state index is 5.75. The molecule has 0 saturated heterocycles. The van der Waals surface area contributed by atoms with Crippen LogP contribution in [-0.4, -0.2) is 10.6 Å². The van der Waals surface area contributed by atoms with Gasteiger partial charge in [-0.05, 0) is 45.0 Å². The summed E-state index contributed by atoms with van der Waals surface area (Å²) in [5, 5.41) is 6.07. The molecule has 2 rings (SSSR count). The molecule has 1 heterocycles. The molecular formula is C13H16N2OS. The first-order valence-corrected chi connectivity index (χ1v) is 6.36. The molecule has 1 aromatic heterocycles. The first-order chi connectivity index (χ1) is 8.03. The van der Waals surface area contributed by atoms with Gasteiger partial charge in [0, 0.05) is 17.3 Å². The molecule has 1 aromatic carbocycles. The van der Waals surface area contributed by atoms with Gasteiger partial charge in [-0.1, -0.05) is 0 Å². The van der Waals surface area contributed by atoms with E-state index in [4.69, 9.17) is 4.74 Å². The molecule has 0 aliphatic heterocycles. The Labute approximate surface area is 105 Å². The fraction of sp³-hybridized carbons (Fsp3) is 0.308. The van der Waals surface area contributed by atoms with Crippen LogP contribution in [0.3, 0.4) is 0 Å². The second-order valence-corrected chi connectivity index (χ2v) is 5.60. The zero-order valence-corrected chi connectivity index (χ0v) is 11.0. The van der Waals surface area contributed by atoms with Crippen LogP contribution in [0.15, 0.2) is 35.8 Å². The SMILES string of the molecule is CC(C)(C)Oc1ccc(Nc2nccs2)cc1. The fourth-order valence-corrected chi connectivity index (χ4v) is 1.92. The van der Waals surface area contributed by atoms with Crippen LogP contribution < -0.4 is 10.1 Å². The number of hydrogen-bond donors (Lipinski definition) is 1. The van der Waals surface area contributed by atoms with Gasteiger partial charge >= 0.3 is 0 Å². The summed E-state index contributed by atoms with van der Waals surface area (Å²) in [6.07, 6.45) is 1.78. The van der Waals surface area contributed by atoms with Gasteiger partial charge in [-0.3, -0.25) is 0 Å². The predicted molar refractivity (Wildman–Crippen MR) is 72.2 cm³/mol. The van der Waals surface area contributed by atoms with Gasteiger partial charge in [0.15, 0.2) is 5.13 Å². The molecule has 2 aromatic rings. The Morgan fingerprint density at radius 2 is 1.88 bits per heavy atom. The molecule has 0 bridgehead atoms. The Balaban J connectivity index is 2.03. The van der Waals surface area contributed by atoms with E-state index in [1.165, 1.54) is 0 Å². The summed E-state index contributed by atoms with van der Waals surface area (Å²) < 4.78 is 5.75. The van der Waals surface area contributed by atoms with Crippen molar-refractivity contribution in [1.29, 1.82) is 0 Å². The maximum Gasteiger partial charge on any atom is 0.187 e. The number of nitrogens with zero attached hydrogens (tertiary/aromatic N) is 1. The van der Waals surface area contributed by atoms with Crippen LogP contribution in [-0.2, 0) is 0 Å². The third-order valence-electron chi connectivity index (χ3n) is 1.96. The minimum Gasteiger partial charge on any atom is -0.488 e. The van der Waals surface area contributed by atoms with Crippen LogP contribution in [0.5, 0.6) is 5.75 Å². The van der Waals surface area contributed by atoms with Gasteiger partial charge in [0.1, 0.15) is 11.4 Å². The summed E-state index contributed by atoms with van der Waals surface area (Å²) >= 11 is 1.58. The van der Waals surface area contributed by atoms with Crippen molar-refractivity contribution in [2.75, 3.05) is 5.32 Å². The number of anilines is 2. The standard InChI is InChI=1S/C13H16N2OS/c1-13(2,3)16-11-6-4-10(5-7-11)15-12-14-8-9-17-12/h4-9H,1-3H3,(H,14,15). The first kappa shape index (κ1) is 11.9. The summed E-state index contributed by atoms with van der Waals surface area (Å²) in [7, 11) is 0. The number of ether oxygens (including phenoxy) is 1. The van der Waals surface area contributed by atoms with Crippen molar-refractivity contribution in [2.45, 2.75) is 26.4 Å². The normalized spacial score (nSPS) is 11.2. The smallest absolute Gasteiger partial charge is 0.187 e. The number of benzene rings is 1. The Hall–Kier alpha value is -1.55. The van der Waals surface area contributed by atoms with E-state index in [-0.39, 0.29) is 5.60 Å². The van der Waals surface area contributed by atoms with E-state index in [1.807, 2.05) is 50.4 Å². The van der Waals surface area contributed by atoms with E-state index in [0.29, 0.717) is 0 Å². The largest absolute Gasteiger partial charge is 0.488 e. The molecule has 90 valence electrons. The van der Waals surface area contributed by atoms with Crippen LogP contribution in [0.4, 0.5) is 10.8 Å². The molecule has 0 spiro atoms. The molecule has 1 N–H and O–H groups in total. The summed E-state index contributed by atoms with van der Waals surface area (Å²) in [6, 6.07) is 7.90. The molecule has 0 aliphatic carbocycles. The van der Waals surface area contributed by atoms with Crippen LogP contribution in [0.1, 0.15) is 20.8 Å². The van der Waals surface area contributed by atoms with Crippen molar-refractivity contribution in [3.63, 3.8) is 0 Å². The van der Waals surface area contributed by atoms with Crippen LogP contribution in [0.2, 0.25) is 0 Å². The first-order valence-electron chi connectivity index (χ1n) is 5.48. The van der Waals surface area contributed by atoms with Gasteiger partial charge in [0.2, 0.25) is 0 Å². The van der Waals surface area contributed by atoms with E-state index in [0.717, 1.165) is 16.6 Å². The highest BCUT2D eigenvalue weighted by Crippen LogP contribution is 2.23. The van der Waals surface area contributed by atoms with Gasteiger partial charge in [0.25, 0.3) is 0 Å². The number of aromatic nitrogens is 1. The molecule has 0 radical (unpaired) electrons. The number of nitrogens with one attached hydrogen (secondary N) is 1. The molecule has 4 heteroatoms. The zero-order valence-electron chi connectivity index (χ0n) is 10.2. The van der Waals surface area contributed by atoms with Gasteiger partial charge in [-0.2, -0.15) is 0 Å². The van der Waals surface area contributed by atoms with E-state index >= 15 is 0 Å². The molecule has 0 amide bonds. The third kappa shape index (κ3) is 3.75. The zero-order chi connectivity index (χ0) is 12.3. The van der Waals surface area contributed by atoms with E-state index in [1.54, 1.807) is 17.5 Å². The molecule has 0 atom stereocenters. The topological polar surface area (TPSA) is 34.1 Å². The summed E-state index contributed by atoms with van der Waals surface area (Å²) in [5.41, 5.74) is 0.853. The molecule has 0 unspecified atom stereocenters. The fourth-order valence-electron chi connectivity index (χ4n) is 1.37. The molecule has 0 aliphatic rings. The van der Waals surface area contributed by atoms with Crippen LogP contribution in [0, 0.1) is 0 Å². The minimum atomic E-state index is -0.162. The minimum absolute atomic E-state index is 0.162. The Kier molecular flexibility index (Phi) is 3.33. The molecule has 17 heavy (non-hydrogen) atoms. The monoisotopic (exact) mass is 248 g/mol. The van der Waals surface area contributed by atoms with Crippen molar-refractivity contribution in [3.8, 4) is 5.75 Å². The Bertz CT molecular complexity index is 457. The lowest BCUT2D eigenvalue weighted by molar-refractivity contribution is 0.131.